The molecular formula is C26H36O7S. The first-order valence-electron chi connectivity index (χ1n) is 11.7. The fraction of sp³-hybridized carbons (Fsp3) is 0.538. The maximum absolute atomic E-state index is 13.1. The lowest BCUT2D eigenvalue weighted by Gasteiger charge is -2.20. The Labute approximate surface area is 203 Å². The van der Waals surface area contributed by atoms with Gasteiger partial charge in [-0.1, -0.05) is 13.8 Å². The van der Waals surface area contributed by atoms with Crippen LogP contribution in [-0.2, 0) is 14.6 Å². The topological polar surface area (TPSA) is 80.3 Å². The minimum absolute atomic E-state index is 0.0813. The fourth-order valence-electron chi connectivity index (χ4n) is 4.37. The molecule has 0 amide bonds. The molecule has 1 saturated heterocycles. The molecule has 0 aliphatic carbocycles. The second kappa shape index (κ2) is 11.3. The molecule has 0 aromatic heterocycles. The van der Waals surface area contributed by atoms with Gasteiger partial charge in [0.05, 0.1) is 45.9 Å². The molecule has 8 heteroatoms. The highest BCUT2D eigenvalue weighted by Gasteiger charge is 2.31. The summed E-state index contributed by atoms with van der Waals surface area (Å²) >= 11 is 0. The monoisotopic (exact) mass is 492 g/mol. The summed E-state index contributed by atoms with van der Waals surface area (Å²) in [4.78, 5) is 0.262. The van der Waals surface area contributed by atoms with Crippen molar-refractivity contribution in [2.45, 2.75) is 63.6 Å². The molecule has 1 aliphatic rings. The van der Waals surface area contributed by atoms with Crippen molar-refractivity contribution in [3.8, 4) is 23.0 Å². The lowest BCUT2D eigenvalue weighted by molar-refractivity contribution is 0.0436. The van der Waals surface area contributed by atoms with Gasteiger partial charge in [0.25, 0.3) is 0 Å². The van der Waals surface area contributed by atoms with E-state index < -0.39 is 9.84 Å². The lowest BCUT2D eigenvalue weighted by Crippen LogP contribution is -2.12. The van der Waals surface area contributed by atoms with E-state index in [1.165, 1.54) is 0 Å². The molecule has 0 saturated carbocycles. The molecule has 2 aromatic rings. The summed E-state index contributed by atoms with van der Waals surface area (Å²) in [5.74, 6) is 2.22. The van der Waals surface area contributed by atoms with Gasteiger partial charge in [0, 0.05) is 0 Å². The first-order chi connectivity index (χ1) is 16.3. The van der Waals surface area contributed by atoms with Crippen molar-refractivity contribution in [1.82, 2.24) is 0 Å². The van der Waals surface area contributed by atoms with Gasteiger partial charge in [-0.15, -0.1) is 0 Å². The number of aryl methyl sites for hydroxylation is 1. The van der Waals surface area contributed by atoms with Gasteiger partial charge in [0.15, 0.2) is 21.3 Å². The minimum Gasteiger partial charge on any atom is -0.493 e. The highest BCUT2D eigenvalue weighted by molar-refractivity contribution is 7.91. The van der Waals surface area contributed by atoms with Gasteiger partial charge in [0.2, 0.25) is 5.75 Å². The van der Waals surface area contributed by atoms with Gasteiger partial charge in [-0.25, -0.2) is 8.42 Å². The van der Waals surface area contributed by atoms with Crippen LogP contribution in [0.5, 0.6) is 23.0 Å². The van der Waals surface area contributed by atoms with Gasteiger partial charge in [-0.05, 0) is 73.6 Å². The molecule has 1 fully saturated rings. The second-order valence-corrected chi connectivity index (χ2v) is 10.6. The summed E-state index contributed by atoms with van der Waals surface area (Å²) in [7, 11) is 1.28. The Kier molecular flexibility index (Phi) is 8.71. The molecule has 7 nitrogen and oxygen atoms in total. The van der Waals surface area contributed by atoms with Crippen LogP contribution in [-0.4, -0.2) is 42.1 Å². The maximum Gasteiger partial charge on any atom is 0.203 e. The Morgan fingerprint density at radius 3 is 1.94 bits per heavy atom. The van der Waals surface area contributed by atoms with Crippen LogP contribution in [0.3, 0.4) is 0 Å². The molecule has 3 rings (SSSR count). The van der Waals surface area contributed by atoms with Gasteiger partial charge in [0.1, 0.15) is 10.6 Å². The van der Waals surface area contributed by atoms with E-state index in [0.29, 0.717) is 36.0 Å². The summed E-state index contributed by atoms with van der Waals surface area (Å²) in [6.07, 6.45) is 2.50. The molecule has 2 aromatic carbocycles. The quantitative estimate of drug-likeness (QED) is 0.405. The molecule has 0 radical (unpaired) electrons. The summed E-state index contributed by atoms with van der Waals surface area (Å²) in [5, 5.41) is 0. The number of rotatable bonds is 11. The average Bonchev–Trinajstić information content (AvgIpc) is 3.32. The zero-order valence-corrected chi connectivity index (χ0v) is 21.8. The van der Waals surface area contributed by atoms with Gasteiger partial charge < -0.3 is 23.7 Å². The Hall–Kier alpha value is -2.45. The van der Waals surface area contributed by atoms with Gasteiger partial charge >= 0.3 is 0 Å². The van der Waals surface area contributed by atoms with Crippen molar-refractivity contribution in [1.29, 1.82) is 0 Å². The van der Waals surface area contributed by atoms with Crippen molar-refractivity contribution in [2.75, 3.05) is 33.7 Å². The van der Waals surface area contributed by atoms with E-state index in [4.69, 9.17) is 23.7 Å². The highest BCUT2D eigenvalue weighted by atomic mass is 32.2. The Morgan fingerprint density at radius 2 is 1.44 bits per heavy atom. The first-order valence-corrected chi connectivity index (χ1v) is 13.4. The first kappa shape index (κ1) is 26.2. The van der Waals surface area contributed by atoms with Gasteiger partial charge in [-0.2, -0.15) is 0 Å². The van der Waals surface area contributed by atoms with E-state index in [-0.39, 0.29) is 22.9 Å². The number of ether oxygens (including phenoxy) is 5. The Morgan fingerprint density at radius 1 is 0.853 bits per heavy atom. The van der Waals surface area contributed by atoms with Crippen molar-refractivity contribution in [3.63, 3.8) is 0 Å². The Bertz CT molecular complexity index is 1070. The van der Waals surface area contributed by atoms with E-state index in [9.17, 15) is 8.42 Å². The predicted molar refractivity (Wildman–Crippen MR) is 131 cm³/mol. The lowest BCUT2D eigenvalue weighted by atomic mass is 10.0. The normalized spacial score (nSPS) is 18.1. The SMILES string of the molecule is CCCOc1c(C)cc(C2CCC(c3cc(OC)c(OC)c(OC)c3)O2)cc1S(=O)(=O)CCC. The standard InChI is InChI=1S/C26H36O7S/c1-7-11-32-25-17(3)13-18(16-24(25)34(27,28)12-8-2)20-9-10-21(33-20)19-14-22(29-4)26(31-6)23(15-19)30-5/h13-16,20-21H,7-12H2,1-6H3. The van der Waals surface area contributed by atoms with Crippen LogP contribution in [0.15, 0.2) is 29.2 Å². The van der Waals surface area contributed by atoms with Crippen molar-refractivity contribution in [2.24, 2.45) is 0 Å². The maximum atomic E-state index is 13.1. The number of hydrogen-bond acceptors (Lipinski definition) is 7. The van der Waals surface area contributed by atoms with Crippen LogP contribution >= 0.6 is 0 Å². The number of sulfone groups is 1. The summed E-state index contributed by atoms with van der Waals surface area (Å²) < 4.78 is 54.8. The van der Waals surface area contributed by atoms with Crippen molar-refractivity contribution >= 4 is 9.84 Å². The van der Waals surface area contributed by atoms with Crippen LogP contribution in [0.2, 0.25) is 0 Å². The van der Waals surface area contributed by atoms with Crippen molar-refractivity contribution < 1.29 is 32.1 Å². The molecule has 0 N–H and O–H groups in total. The third-order valence-corrected chi connectivity index (χ3v) is 7.89. The molecule has 1 heterocycles. The van der Waals surface area contributed by atoms with E-state index in [2.05, 4.69) is 0 Å². The molecule has 1 aliphatic heterocycles. The molecule has 34 heavy (non-hydrogen) atoms. The van der Waals surface area contributed by atoms with Crippen LogP contribution in [0.4, 0.5) is 0 Å². The largest absolute Gasteiger partial charge is 0.493 e. The third-order valence-electron chi connectivity index (χ3n) is 5.97. The zero-order valence-electron chi connectivity index (χ0n) is 21.0. The molecule has 188 valence electrons. The summed E-state index contributed by atoms with van der Waals surface area (Å²) in [6, 6.07) is 7.53. The molecule has 2 unspecified atom stereocenters. The van der Waals surface area contributed by atoms with E-state index in [0.717, 1.165) is 36.0 Å². The number of hydrogen-bond donors (Lipinski definition) is 0. The van der Waals surface area contributed by atoms with Crippen LogP contribution in [0.1, 0.15) is 68.4 Å². The average molecular weight is 493 g/mol. The smallest absolute Gasteiger partial charge is 0.203 e. The molecular weight excluding hydrogens is 456 g/mol. The third kappa shape index (κ3) is 5.44. The summed E-state index contributed by atoms with van der Waals surface area (Å²) in [5.41, 5.74) is 2.59. The number of methoxy groups -OCH3 is 3. The van der Waals surface area contributed by atoms with Crippen molar-refractivity contribution in [3.05, 3.63) is 41.0 Å². The van der Waals surface area contributed by atoms with Crippen LogP contribution < -0.4 is 18.9 Å². The predicted octanol–water partition coefficient (Wildman–Crippen LogP) is 5.59. The Balaban J connectivity index is 1.95. The van der Waals surface area contributed by atoms with E-state index in [1.807, 2.05) is 39.0 Å². The molecule has 2 atom stereocenters. The summed E-state index contributed by atoms with van der Waals surface area (Å²) in [6.45, 7) is 6.23. The van der Waals surface area contributed by atoms with E-state index in [1.54, 1.807) is 27.4 Å². The van der Waals surface area contributed by atoms with E-state index >= 15 is 0 Å². The highest BCUT2D eigenvalue weighted by Crippen LogP contribution is 2.47. The number of benzene rings is 2. The van der Waals surface area contributed by atoms with Crippen LogP contribution in [0.25, 0.3) is 0 Å². The second-order valence-electron chi connectivity index (χ2n) is 8.48. The fourth-order valence-corrected chi connectivity index (χ4v) is 5.94. The van der Waals surface area contributed by atoms with Crippen LogP contribution in [0, 0.1) is 6.92 Å². The van der Waals surface area contributed by atoms with Gasteiger partial charge in [-0.3, -0.25) is 0 Å². The minimum atomic E-state index is -3.46. The molecule has 0 spiro atoms. The molecule has 0 bridgehead atoms. The zero-order chi connectivity index (χ0) is 24.9.